The van der Waals surface area contributed by atoms with E-state index in [1.807, 2.05) is 26.0 Å². The molecule has 0 aliphatic heterocycles. The van der Waals surface area contributed by atoms with Gasteiger partial charge < -0.3 is 19.9 Å². The number of ether oxygens (including phenoxy) is 2. The van der Waals surface area contributed by atoms with E-state index in [1.54, 1.807) is 12.1 Å². The first-order valence-electron chi connectivity index (χ1n) is 7.46. The Kier molecular flexibility index (Phi) is 6.90. The van der Waals surface area contributed by atoms with E-state index in [-0.39, 0.29) is 15.8 Å². The Morgan fingerprint density at radius 2 is 1.67 bits per heavy atom. The molecule has 2 rings (SSSR count). The van der Waals surface area contributed by atoms with Crippen molar-refractivity contribution in [3.63, 3.8) is 0 Å². The van der Waals surface area contributed by atoms with Gasteiger partial charge in [-0.2, -0.15) is 0 Å². The summed E-state index contributed by atoms with van der Waals surface area (Å²) in [5, 5.41) is 13.2. The molecule has 2 N–H and O–H groups in total. The van der Waals surface area contributed by atoms with Crippen LogP contribution in [0.5, 0.6) is 17.2 Å². The first kappa shape index (κ1) is 19.0. The molecular formula is C17H18BrCl2NO3. The van der Waals surface area contributed by atoms with Crippen LogP contribution in [0.15, 0.2) is 28.7 Å². The minimum Gasteiger partial charge on any atom is -0.505 e. The van der Waals surface area contributed by atoms with E-state index in [0.717, 1.165) is 10.0 Å². The fraction of sp³-hybridized carbons (Fsp3) is 0.294. The van der Waals surface area contributed by atoms with E-state index in [0.29, 0.717) is 36.9 Å². The molecule has 130 valence electrons. The third-order valence-electron chi connectivity index (χ3n) is 3.17. The lowest BCUT2D eigenvalue weighted by molar-refractivity contribution is 0.286. The summed E-state index contributed by atoms with van der Waals surface area (Å²) in [5.74, 6) is 1.26. The molecule has 24 heavy (non-hydrogen) atoms. The maximum atomic E-state index is 9.60. The summed E-state index contributed by atoms with van der Waals surface area (Å²) in [5.41, 5.74) is 1.71. The molecule has 2 aromatic carbocycles. The van der Waals surface area contributed by atoms with Gasteiger partial charge in [0.05, 0.1) is 27.7 Å². The van der Waals surface area contributed by atoms with Gasteiger partial charge in [-0.1, -0.05) is 23.2 Å². The van der Waals surface area contributed by atoms with Crippen LogP contribution in [0.4, 0.5) is 5.69 Å². The van der Waals surface area contributed by atoms with Gasteiger partial charge in [0.25, 0.3) is 0 Å². The van der Waals surface area contributed by atoms with E-state index in [9.17, 15) is 5.11 Å². The number of phenols is 1. The molecule has 0 amide bonds. The molecule has 0 heterocycles. The Hall–Kier alpha value is -1.30. The number of hydrogen-bond acceptors (Lipinski definition) is 4. The highest BCUT2D eigenvalue weighted by Crippen LogP contribution is 2.38. The molecule has 0 spiro atoms. The van der Waals surface area contributed by atoms with Crippen molar-refractivity contribution in [3.8, 4) is 17.2 Å². The van der Waals surface area contributed by atoms with Crippen LogP contribution < -0.4 is 14.8 Å². The summed E-state index contributed by atoms with van der Waals surface area (Å²) >= 11 is 15.4. The molecule has 0 atom stereocenters. The van der Waals surface area contributed by atoms with Crippen LogP contribution in [0.25, 0.3) is 0 Å². The van der Waals surface area contributed by atoms with Gasteiger partial charge in [0.2, 0.25) is 0 Å². The largest absolute Gasteiger partial charge is 0.505 e. The molecule has 0 unspecified atom stereocenters. The molecule has 0 saturated carbocycles. The predicted octanol–water partition coefficient (Wildman–Crippen LogP) is 5.87. The van der Waals surface area contributed by atoms with Gasteiger partial charge in [-0.3, -0.25) is 0 Å². The van der Waals surface area contributed by atoms with Gasteiger partial charge in [0.1, 0.15) is 0 Å². The van der Waals surface area contributed by atoms with Gasteiger partial charge in [0, 0.05) is 12.2 Å². The number of nitrogens with one attached hydrogen (secondary N) is 1. The summed E-state index contributed by atoms with van der Waals surface area (Å²) in [6.45, 7) is 5.49. The second-order valence-electron chi connectivity index (χ2n) is 4.91. The number of rotatable bonds is 7. The standard InChI is InChI=1S/C17H18BrCl2NO3/c1-3-23-15-6-10(5-12(18)17(15)24-4-2)9-21-11-7-13(19)16(22)14(20)8-11/h5-8,21-22H,3-4,9H2,1-2H3. The number of halogens is 3. The maximum absolute atomic E-state index is 9.60. The number of anilines is 1. The second kappa shape index (κ2) is 8.70. The number of aromatic hydroxyl groups is 1. The van der Waals surface area contributed by atoms with Crippen molar-refractivity contribution < 1.29 is 14.6 Å². The molecule has 0 bridgehead atoms. The van der Waals surface area contributed by atoms with E-state index in [2.05, 4.69) is 21.2 Å². The van der Waals surface area contributed by atoms with E-state index in [1.165, 1.54) is 0 Å². The smallest absolute Gasteiger partial charge is 0.175 e. The number of hydrogen-bond donors (Lipinski definition) is 2. The molecule has 4 nitrogen and oxygen atoms in total. The molecule has 2 aromatic rings. The first-order chi connectivity index (χ1) is 11.5. The molecular weight excluding hydrogens is 417 g/mol. The zero-order chi connectivity index (χ0) is 17.7. The van der Waals surface area contributed by atoms with E-state index >= 15 is 0 Å². The van der Waals surface area contributed by atoms with Crippen LogP contribution in [0.3, 0.4) is 0 Å². The Labute approximate surface area is 159 Å². The highest BCUT2D eigenvalue weighted by Gasteiger charge is 2.12. The van der Waals surface area contributed by atoms with Crippen LogP contribution in [-0.2, 0) is 6.54 Å². The predicted molar refractivity (Wildman–Crippen MR) is 102 cm³/mol. The average Bonchev–Trinajstić information content (AvgIpc) is 2.54. The van der Waals surface area contributed by atoms with Crippen LogP contribution in [0, 0.1) is 0 Å². The second-order valence-corrected chi connectivity index (χ2v) is 6.58. The fourth-order valence-corrected chi connectivity index (χ4v) is 3.23. The lowest BCUT2D eigenvalue weighted by Gasteiger charge is -2.15. The van der Waals surface area contributed by atoms with Crippen molar-refractivity contribution in [3.05, 3.63) is 44.3 Å². The average molecular weight is 435 g/mol. The number of benzene rings is 2. The van der Waals surface area contributed by atoms with Gasteiger partial charge in [0.15, 0.2) is 17.2 Å². The van der Waals surface area contributed by atoms with Crippen molar-refractivity contribution in [1.29, 1.82) is 0 Å². The monoisotopic (exact) mass is 433 g/mol. The van der Waals surface area contributed by atoms with Crippen molar-refractivity contribution in [2.75, 3.05) is 18.5 Å². The molecule has 0 saturated heterocycles. The topological polar surface area (TPSA) is 50.7 Å². The van der Waals surface area contributed by atoms with Crippen molar-refractivity contribution >= 4 is 44.8 Å². The Bertz CT molecular complexity index is 702. The minimum absolute atomic E-state index is 0.119. The summed E-state index contributed by atoms with van der Waals surface area (Å²) < 4.78 is 12.1. The van der Waals surface area contributed by atoms with Crippen LogP contribution in [0.1, 0.15) is 19.4 Å². The summed E-state index contributed by atoms with van der Waals surface area (Å²) in [6.07, 6.45) is 0. The van der Waals surface area contributed by atoms with Gasteiger partial charge in [-0.05, 0) is 59.6 Å². The van der Waals surface area contributed by atoms with E-state index in [4.69, 9.17) is 32.7 Å². The van der Waals surface area contributed by atoms with Crippen molar-refractivity contribution in [1.82, 2.24) is 0 Å². The zero-order valence-corrected chi connectivity index (χ0v) is 16.4. The lowest BCUT2D eigenvalue weighted by atomic mass is 10.2. The third-order valence-corrected chi connectivity index (χ3v) is 4.34. The normalized spacial score (nSPS) is 10.5. The first-order valence-corrected chi connectivity index (χ1v) is 9.01. The summed E-state index contributed by atoms with van der Waals surface area (Å²) in [4.78, 5) is 0. The van der Waals surface area contributed by atoms with Crippen LogP contribution >= 0.6 is 39.1 Å². The van der Waals surface area contributed by atoms with Gasteiger partial charge in [-0.15, -0.1) is 0 Å². The molecule has 0 aromatic heterocycles. The highest BCUT2D eigenvalue weighted by atomic mass is 79.9. The zero-order valence-electron chi connectivity index (χ0n) is 13.3. The quantitative estimate of drug-likeness (QED) is 0.535. The summed E-state index contributed by atoms with van der Waals surface area (Å²) in [7, 11) is 0. The van der Waals surface area contributed by atoms with Crippen LogP contribution in [0.2, 0.25) is 10.0 Å². The molecule has 0 aliphatic rings. The summed E-state index contributed by atoms with van der Waals surface area (Å²) in [6, 6.07) is 7.13. The third kappa shape index (κ3) is 4.62. The van der Waals surface area contributed by atoms with Crippen LogP contribution in [-0.4, -0.2) is 18.3 Å². The lowest BCUT2D eigenvalue weighted by Crippen LogP contribution is -2.03. The molecule has 0 aliphatic carbocycles. The van der Waals surface area contributed by atoms with Gasteiger partial charge >= 0.3 is 0 Å². The van der Waals surface area contributed by atoms with E-state index < -0.39 is 0 Å². The highest BCUT2D eigenvalue weighted by molar-refractivity contribution is 9.10. The SMILES string of the molecule is CCOc1cc(CNc2cc(Cl)c(O)c(Cl)c2)cc(Br)c1OCC. The van der Waals surface area contributed by atoms with Crippen molar-refractivity contribution in [2.45, 2.75) is 20.4 Å². The van der Waals surface area contributed by atoms with Gasteiger partial charge in [-0.25, -0.2) is 0 Å². The molecule has 7 heteroatoms. The number of phenolic OH excluding ortho intramolecular Hbond substituents is 1. The molecule has 0 fully saturated rings. The minimum atomic E-state index is -0.119. The fourth-order valence-electron chi connectivity index (χ4n) is 2.14. The molecule has 0 radical (unpaired) electrons. The van der Waals surface area contributed by atoms with Crippen molar-refractivity contribution in [2.24, 2.45) is 0 Å². The Morgan fingerprint density at radius 3 is 2.25 bits per heavy atom. The Morgan fingerprint density at radius 1 is 1.04 bits per heavy atom. The Balaban J connectivity index is 2.20. The maximum Gasteiger partial charge on any atom is 0.175 e.